The van der Waals surface area contributed by atoms with E-state index in [1.54, 1.807) is 0 Å². The zero-order valence-corrected chi connectivity index (χ0v) is 21.2. The Balaban J connectivity index is 0.00000144. The van der Waals surface area contributed by atoms with E-state index in [0.717, 1.165) is 59.9 Å². The molecule has 0 unspecified atom stereocenters. The Hall–Kier alpha value is -1.01. The van der Waals surface area contributed by atoms with Crippen LogP contribution in [0.25, 0.3) is 11.0 Å². The molecule has 0 N–H and O–H groups in total. The molecule has 2 heterocycles. The number of nitrogens with zero attached hydrogens (tertiary/aromatic N) is 3. The van der Waals surface area contributed by atoms with Gasteiger partial charge in [0.25, 0.3) is 0 Å². The fraction of sp³-hybridized carbons (Fsp3) is 0.720. The van der Waals surface area contributed by atoms with E-state index in [-0.39, 0.29) is 24.8 Å². The van der Waals surface area contributed by atoms with Crippen LogP contribution in [0.5, 0.6) is 5.75 Å². The Bertz CT molecular complexity index is 856. The fourth-order valence-corrected chi connectivity index (χ4v) is 4.83. The van der Waals surface area contributed by atoms with E-state index in [2.05, 4.69) is 41.2 Å². The first-order chi connectivity index (χ1) is 14.7. The highest BCUT2D eigenvalue weighted by Gasteiger charge is 2.27. The lowest BCUT2D eigenvalue weighted by molar-refractivity contribution is 0.173. The van der Waals surface area contributed by atoms with E-state index in [1.165, 1.54) is 70.0 Å². The van der Waals surface area contributed by atoms with Crippen LogP contribution in [0.15, 0.2) is 16.7 Å². The highest BCUT2D eigenvalue weighted by molar-refractivity contribution is 5.86. The second kappa shape index (κ2) is 11.4. The van der Waals surface area contributed by atoms with Crippen LogP contribution in [0.3, 0.4) is 0 Å². The first-order valence-corrected chi connectivity index (χ1v) is 12.1. The van der Waals surface area contributed by atoms with Crippen molar-refractivity contribution in [2.75, 3.05) is 40.3 Å². The number of halogens is 2. The molecule has 1 saturated heterocycles. The number of likely N-dealkylation sites (tertiary alicyclic amines) is 1. The molecule has 0 spiro atoms. The van der Waals surface area contributed by atoms with Crippen molar-refractivity contribution < 1.29 is 9.26 Å². The Morgan fingerprint density at radius 2 is 1.72 bits per heavy atom. The Morgan fingerprint density at radius 3 is 2.38 bits per heavy atom. The van der Waals surface area contributed by atoms with Gasteiger partial charge in [0.1, 0.15) is 5.75 Å². The van der Waals surface area contributed by atoms with E-state index < -0.39 is 0 Å². The molecule has 1 aliphatic heterocycles. The molecular weight excluding hydrogens is 445 g/mol. The van der Waals surface area contributed by atoms with Crippen molar-refractivity contribution in [2.45, 2.75) is 57.9 Å². The summed E-state index contributed by atoms with van der Waals surface area (Å²) < 4.78 is 12.0. The third-order valence-electron chi connectivity index (χ3n) is 7.13. The van der Waals surface area contributed by atoms with Crippen LogP contribution >= 0.6 is 24.8 Å². The van der Waals surface area contributed by atoms with Crippen LogP contribution in [-0.4, -0.2) is 55.3 Å². The molecule has 180 valence electrons. The second-order valence-electron chi connectivity index (χ2n) is 10.3. The highest BCUT2D eigenvalue weighted by atomic mass is 35.5. The molecule has 3 fully saturated rings. The van der Waals surface area contributed by atoms with Gasteiger partial charge in [-0.05, 0) is 108 Å². The number of aryl methyl sites for hydroxylation is 1. The molecule has 5 rings (SSSR count). The number of ether oxygens (including phenoxy) is 1. The van der Waals surface area contributed by atoms with Crippen molar-refractivity contribution in [2.24, 2.45) is 17.8 Å². The summed E-state index contributed by atoms with van der Waals surface area (Å²) in [6.45, 7) is 5.56. The highest BCUT2D eigenvalue weighted by Crippen LogP contribution is 2.35. The van der Waals surface area contributed by atoms with E-state index in [4.69, 9.17) is 9.26 Å². The van der Waals surface area contributed by atoms with Crippen molar-refractivity contribution >= 4 is 35.8 Å². The molecule has 2 aromatic rings. The summed E-state index contributed by atoms with van der Waals surface area (Å²) in [4.78, 5) is 4.87. The van der Waals surface area contributed by atoms with E-state index in [9.17, 15) is 0 Å². The maximum atomic E-state index is 6.16. The van der Waals surface area contributed by atoms with E-state index >= 15 is 0 Å². The van der Waals surface area contributed by atoms with Crippen LogP contribution in [0, 0.1) is 17.8 Å². The number of hydrogen-bond donors (Lipinski definition) is 0. The number of piperidine rings is 1. The largest absolute Gasteiger partial charge is 0.493 e. The molecule has 3 aliphatic rings. The summed E-state index contributed by atoms with van der Waals surface area (Å²) in [6, 6.07) is 4.31. The molecule has 1 aromatic carbocycles. The van der Waals surface area contributed by atoms with Crippen LogP contribution in [0.2, 0.25) is 0 Å². The molecule has 0 bridgehead atoms. The van der Waals surface area contributed by atoms with Gasteiger partial charge in [-0.2, -0.15) is 0 Å². The molecule has 2 saturated carbocycles. The number of hydrogen-bond acceptors (Lipinski definition) is 5. The molecule has 0 atom stereocenters. The smallest absolute Gasteiger partial charge is 0.175 e. The molecule has 1 aromatic heterocycles. The SMILES string of the molecule is CN(C)Cc1c(OCC2CC2)ccc2c(CCC3CCN(CC4CC4)CC3)noc12.Cl.Cl. The van der Waals surface area contributed by atoms with Gasteiger partial charge in [0, 0.05) is 18.5 Å². The lowest BCUT2D eigenvalue weighted by Crippen LogP contribution is -2.35. The van der Waals surface area contributed by atoms with Crippen molar-refractivity contribution in [3.8, 4) is 5.75 Å². The van der Waals surface area contributed by atoms with Crippen molar-refractivity contribution in [1.82, 2.24) is 15.0 Å². The standard InChI is InChI=1S/C25H37N3O2.2ClH/c1-27(2)16-22-24(29-17-20-5-6-20)10-8-21-23(26-30-25(21)22)9-7-18-11-13-28(14-12-18)15-19-3-4-19;;/h8,10,18-20H,3-7,9,11-17H2,1-2H3;2*1H. The lowest BCUT2D eigenvalue weighted by atomic mass is 9.91. The maximum Gasteiger partial charge on any atom is 0.175 e. The minimum absolute atomic E-state index is 0. The van der Waals surface area contributed by atoms with Gasteiger partial charge in [0.2, 0.25) is 0 Å². The molecule has 7 heteroatoms. The lowest BCUT2D eigenvalue weighted by Gasteiger charge is -2.31. The number of rotatable bonds is 10. The molecule has 0 radical (unpaired) electrons. The topological polar surface area (TPSA) is 41.7 Å². The van der Waals surface area contributed by atoms with Gasteiger partial charge in [0.05, 0.1) is 17.9 Å². The third kappa shape index (κ3) is 6.53. The van der Waals surface area contributed by atoms with Crippen molar-refractivity contribution in [3.05, 3.63) is 23.4 Å². The molecule has 32 heavy (non-hydrogen) atoms. The van der Waals surface area contributed by atoms with Crippen molar-refractivity contribution in [1.29, 1.82) is 0 Å². The minimum Gasteiger partial charge on any atom is -0.493 e. The van der Waals surface area contributed by atoms with Gasteiger partial charge >= 0.3 is 0 Å². The summed E-state index contributed by atoms with van der Waals surface area (Å²) in [5.74, 6) is 3.55. The number of fused-ring (bicyclic) bond motifs is 1. The Labute approximate surface area is 205 Å². The van der Waals surface area contributed by atoms with Gasteiger partial charge in [-0.15, -0.1) is 24.8 Å². The van der Waals surface area contributed by atoms with Gasteiger partial charge in [0.15, 0.2) is 5.58 Å². The third-order valence-corrected chi connectivity index (χ3v) is 7.13. The summed E-state index contributed by atoms with van der Waals surface area (Å²) in [6.07, 6.45) is 10.5. The quantitative estimate of drug-likeness (QED) is 0.441. The Morgan fingerprint density at radius 1 is 1.00 bits per heavy atom. The van der Waals surface area contributed by atoms with Gasteiger partial charge in [-0.25, -0.2) is 0 Å². The fourth-order valence-electron chi connectivity index (χ4n) is 4.83. The van der Waals surface area contributed by atoms with Crippen LogP contribution in [0.1, 0.15) is 56.2 Å². The molecule has 0 amide bonds. The van der Waals surface area contributed by atoms with Crippen LogP contribution in [0.4, 0.5) is 0 Å². The average molecular weight is 485 g/mol. The van der Waals surface area contributed by atoms with E-state index in [1.807, 2.05) is 0 Å². The summed E-state index contributed by atoms with van der Waals surface area (Å²) in [7, 11) is 4.19. The van der Waals surface area contributed by atoms with Gasteiger partial charge in [-0.1, -0.05) is 5.16 Å². The minimum atomic E-state index is 0. The van der Waals surface area contributed by atoms with Gasteiger partial charge < -0.3 is 19.1 Å². The normalized spacial score (nSPS) is 19.7. The monoisotopic (exact) mass is 483 g/mol. The number of benzene rings is 1. The molecule has 5 nitrogen and oxygen atoms in total. The number of aromatic nitrogens is 1. The summed E-state index contributed by atoms with van der Waals surface area (Å²) in [5.41, 5.74) is 3.19. The first-order valence-electron chi connectivity index (χ1n) is 12.1. The van der Waals surface area contributed by atoms with Crippen LogP contribution in [-0.2, 0) is 13.0 Å². The van der Waals surface area contributed by atoms with Gasteiger partial charge in [-0.3, -0.25) is 0 Å². The predicted octanol–water partition coefficient (Wildman–Crippen LogP) is 5.58. The second-order valence-corrected chi connectivity index (χ2v) is 10.3. The Kier molecular flexibility index (Phi) is 9.14. The summed E-state index contributed by atoms with van der Waals surface area (Å²) in [5, 5.41) is 5.68. The molecule has 2 aliphatic carbocycles. The zero-order chi connectivity index (χ0) is 20.5. The van der Waals surface area contributed by atoms with Crippen molar-refractivity contribution in [3.63, 3.8) is 0 Å². The molecular formula is C25H39Cl2N3O2. The first kappa shape index (κ1) is 25.6. The maximum absolute atomic E-state index is 6.16. The van der Waals surface area contributed by atoms with Crippen LogP contribution < -0.4 is 4.74 Å². The average Bonchev–Trinajstić information content (AvgIpc) is 3.66. The summed E-state index contributed by atoms with van der Waals surface area (Å²) >= 11 is 0. The van der Waals surface area contributed by atoms with E-state index in [0.29, 0.717) is 0 Å². The predicted molar refractivity (Wildman–Crippen MR) is 134 cm³/mol. The zero-order valence-electron chi connectivity index (χ0n) is 19.6.